The summed E-state index contributed by atoms with van der Waals surface area (Å²) in [5.41, 5.74) is 4.11. The summed E-state index contributed by atoms with van der Waals surface area (Å²) in [5.74, 6) is 0.238. The van der Waals surface area contributed by atoms with Crippen LogP contribution in [0.15, 0.2) is 42.8 Å². The van der Waals surface area contributed by atoms with Gasteiger partial charge in [0.1, 0.15) is 0 Å². The number of piperazine rings is 1. The molecule has 6 rings (SSSR count). The van der Waals surface area contributed by atoms with Gasteiger partial charge in [0.25, 0.3) is 0 Å². The quantitative estimate of drug-likeness (QED) is 0.426. The molecular weight excluding hydrogens is 560 g/mol. The molecule has 1 unspecified atom stereocenters. The van der Waals surface area contributed by atoms with Gasteiger partial charge in [0.2, 0.25) is 0 Å². The number of nitrogens with zero attached hydrogens (tertiary/aromatic N) is 5. The number of ether oxygens (including phenoxy) is 4. The van der Waals surface area contributed by atoms with Crippen molar-refractivity contribution in [3.8, 4) is 0 Å². The average molecular weight is 602 g/mol. The number of allylic oxidation sites excluding steroid dienone is 3. The molecule has 10 nitrogen and oxygen atoms in total. The van der Waals surface area contributed by atoms with E-state index in [4.69, 9.17) is 14.2 Å². The van der Waals surface area contributed by atoms with Gasteiger partial charge < -0.3 is 28.7 Å². The Hall–Kier alpha value is -3.06. The second kappa shape index (κ2) is 12.9. The van der Waals surface area contributed by atoms with Crippen molar-refractivity contribution in [3.63, 3.8) is 0 Å². The minimum Gasteiger partial charge on any atom is -0.441 e. The molecule has 3 aliphatic heterocycles. The largest absolute Gasteiger partial charge is 0.441 e. The number of methoxy groups -OCH3 is 1. The van der Waals surface area contributed by atoms with Gasteiger partial charge in [-0.2, -0.15) is 13.9 Å². The number of halogens is 2. The number of anilines is 1. The predicted octanol–water partition coefficient (Wildman–Crippen LogP) is 4.06. The molecule has 4 aliphatic rings. The predicted molar refractivity (Wildman–Crippen MR) is 157 cm³/mol. The van der Waals surface area contributed by atoms with Crippen LogP contribution in [0, 0.1) is 5.92 Å². The summed E-state index contributed by atoms with van der Waals surface area (Å²) >= 11 is 0. The van der Waals surface area contributed by atoms with Crippen LogP contribution in [0.5, 0.6) is 0 Å². The van der Waals surface area contributed by atoms with Crippen molar-refractivity contribution in [2.75, 3.05) is 71.1 Å². The van der Waals surface area contributed by atoms with Gasteiger partial charge in [-0.1, -0.05) is 18.2 Å². The Bertz CT molecular complexity index is 1330. The summed E-state index contributed by atoms with van der Waals surface area (Å²) in [6, 6.07) is 4.16. The van der Waals surface area contributed by atoms with E-state index in [0.717, 1.165) is 67.8 Å². The molecule has 0 spiro atoms. The molecule has 2 atom stereocenters. The van der Waals surface area contributed by atoms with Crippen LogP contribution >= 0.6 is 0 Å². The van der Waals surface area contributed by atoms with Gasteiger partial charge in [-0.05, 0) is 43.9 Å². The van der Waals surface area contributed by atoms with Gasteiger partial charge in [-0.3, -0.25) is 4.90 Å². The van der Waals surface area contributed by atoms with Crippen molar-refractivity contribution >= 4 is 22.9 Å². The average Bonchev–Trinajstić information content (AvgIpc) is 3.46. The Balaban J connectivity index is 1.07. The normalized spacial score (nSPS) is 23.8. The van der Waals surface area contributed by atoms with E-state index in [-0.39, 0.29) is 36.4 Å². The second-order valence-corrected chi connectivity index (χ2v) is 11.9. The van der Waals surface area contributed by atoms with E-state index in [1.165, 1.54) is 0 Å². The highest BCUT2D eigenvalue weighted by molar-refractivity contribution is 5.82. The first kappa shape index (κ1) is 30.0. The molecule has 5 heterocycles. The fourth-order valence-corrected chi connectivity index (χ4v) is 6.67. The molecule has 12 heteroatoms. The molecule has 0 aromatic carbocycles. The lowest BCUT2D eigenvalue weighted by Gasteiger charge is -2.46. The molecule has 1 amide bonds. The molecule has 3 fully saturated rings. The Labute approximate surface area is 250 Å². The highest BCUT2D eigenvalue weighted by Gasteiger charge is 2.41. The molecule has 2 aromatic heterocycles. The van der Waals surface area contributed by atoms with Crippen LogP contribution < -0.4 is 4.90 Å². The summed E-state index contributed by atoms with van der Waals surface area (Å²) in [6.45, 7) is 4.40. The van der Waals surface area contributed by atoms with Crippen LogP contribution in [0.2, 0.25) is 0 Å². The number of carbonyl (C=O) groups excluding carboxylic acids is 1. The third kappa shape index (κ3) is 6.43. The zero-order chi connectivity index (χ0) is 30.0. The molecule has 43 heavy (non-hydrogen) atoms. The number of piperidine rings is 1. The van der Waals surface area contributed by atoms with E-state index >= 15 is 0 Å². The smallest absolute Gasteiger partial charge is 0.410 e. The van der Waals surface area contributed by atoms with Crippen molar-refractivity contribution in [2.24, 2.45) is 5.92 Å². The number of hydrogen-bond acceptors (Lipinski definition) is 8. The van der Waals surface area contributed by atoms with Gasteiger partial charge >= 0.3 is 12.7 Å². The van der Waals surface area contributed by atoms with Crippen LogP contribution in [0.4, 0.5) is 19.3 Å². The first-order chi connectivity index (χ1) is 20.8. The summed E-state index contributed by atoms with van der Waals surface area (Å²) in [5, 5.41) is 4.57. The zero-order valence-corrected chi connectivity index (χ0v) is 24.9. The maximum Gasteiger partial charge on any atom is 0.410 e. The molecule has 0 bridgehead atoms. The van der Waals surface area contributed by atoms with E-state index in [1.807, 2.05) is 23.7 Å². The first-order valence-corrected chi connectivity index (χ1v) is 15.2. The van der Waals surface area contributed by atoms with E-state index in [9.17, 15) is 13.6 Å². The number of amides is 1. The standard InChI is InChI=1S/C31H41F2N5O5/c1-22(19-42-29(32)33)35-11-8-31(40-2,9-12-35)25-5-3-23(4-6-25)24-17-28-27(7-10-34-38(28)18-24)36-13-15-37(16-14-36)30(39)43-26-20-41-21-26/h3-5,7,10,17-18,22,25-26,29H,6,8-9,11-16,19-21H2,1-2H3/t22-,25?/m1/s1. The number of hydrogen-bond donors (Lipinski definition) is 0. The highest BCUT2D eigenvalue weighted by Crippen LogP contribution is 2.40. The number of rotatable bonds is 9. The molecular formula is C31H41F2N5O5. The van der Waals surface area contributed by atoms with Gasteiger partial charge in [-0.25, -0.2) is 9.31 Å². The summed E-state index contributed by atoms with van der Waals surface area (Å²) in [4.78, 5) is 18.7. The summed E-state index contributed by atoms with van der Waals surface area (Å²) in [6.07, 6.45) is 12.8. The van der Waals surface area contributed by atoms with Gasteiger partial charge in [0.05, 0.1) is 36.6 Å². The molecule has 3 saturated heterocycles. The fourth-order valence-electron chi connectivity index (χ4n) is 6.67. The van der Waals surface area contributed by atoms with E-state index in [2.05, 4.69) is 50.1 Å². The van der Waals surface area contributed by atoms with E-state index in [0.29, 0.717) is 26.3 Å². The van der Waals surface area contributed by atoms with E-state index in [1.54, 1.807) is 12.0 Å². The monoisotopic (exact) mass is 601 g/mol. The molecule has 1 aliphatic carbocycles. The Kier molecular flexibility index (Phi) is 8.99. The maximum atomic E-state index is 12.5. The minimum atomic E-state index is -2.74. The van der Waals surface area contributed by atoms with Crippen LogP contribution in [-0.4, -0.2) is 116 Å². The summed E-state index contributed by atoms with van der Waals surface area (Å²) < 4.78 is 48.2. The SMILES string of the molecule is COC1(C2C=CC(c3cc4c(N5CCN(C(=O)OC6COC6)CC5)ccnn4c3)=CC2)CCN([C@H](C)COC(F)F)CC1. The zero-order valence-electron chi connectivity index (χ0n) is 24.9. The van der Waals surface area contributed by atoms with Crippen LogP contribution in [0.1, 0.15) is 31.7 Å². The van der Waals surface area contributed by atoms with Crippen LogP contribution in [-0.2, 0) is 18.9 Å². The number of alkyl halides is 2. The van der Waals surface area contributed by atoms with E-state index < -0.39 is 6.61 Å². The third-order valence-electron chi connectivity index (χ3n) is 9.49. The molecule has 0 N–H and O–H groups in total. The fraction of sp³-hybridized carbons (Fsp3) is 0.613. The molecule has 0 saturated carbocycles. The summed E-state index contributed by atoms with van der Waals surface area (Å²) in [7, 11) is 1.78. The van der Waals surface area contributed by atoms with Crippen LogP contribution in [0.3, 0.4) is 0 Å². The molecule has 0 radical (unpaired) electrons. The number of aromatic nitrogens is 2. The number of fused-ring (bicyclic) bond motifs is 1. The van der Waals surface area contributed by atoms with Gasteiger partial charge in [0, 0.05) is 76.3 Å². The van der Waals surface area contributed by atoms with Crippen molar-refractivity contribution < 1.29 is 32.5 Å². The number of likely N-dealkylation sites (tertiary alicyclic amines) is 1. The maximum absolute atomic E-state index is 12.5. The highest BCUT2D eigenvalue weighted by atomic mass is 19.3. The van der Waals surface area contributed by atoms with Crippen molar-refractivity contribution in [1.82, 2.24) is 19.4 Å². The Morgan fingerprint density at radius 3 is 2.56 bits per heavy atom. The number of carbonyl (C=O) groups is 1. The molecule has 234 valence electrons. The second-order valence-electron chi connectivity index (χ2n) is 11.9. The van der Waals surface area contributed by atoms with Gasteiger partial charge in [0.15, 0.2) is 6.10 Å². The van der Waals surface area contributed by atoms with Crippen molar-refractivity contribution in [3.05, 3.63) is 48.3 Å². The van der Waals surface area contributed by atoms with Gasteiger partial charge in [-0.15, -0.1) is 0 Å². The minimum absolute atomic E-state index is 0.0249. The first-order valence-electron chi connectivity index (χ1n) is 15.2. The topological polar surface area (TPSA) is 81.0 Å². The third-order valence-corrected chi connectivity index (χ3v) is 9.49. The lowest BCUT2D eigenvalue weighted by molar-refractivity contribution is -0.146. The Morgan fingerprint density at radius 1 is 1.16 bits per heavy atom. The Morgan fingerprint density at radius 2 is 1.93 bits per heavy atom. The van der Waals surface area contributed by atoms with Crippen molar-refractivity contribution in [2.45, 2.75) is 50.5 Å². The van der Waals surface area contributed by atoms with Crippen molar-refractivity contribution in [1.29, 1.82) is 0 Å². The van der Waals surface area contributed by atoms with Crippen LogP contribution in [0.25, 0.3) is 11.1 Å². The molecule has 2 aromatic rings. The lowest BCUT2D eigenvalue weighted by Crippen LogP contribution is -2.52. The lowest BCUT2D eigenvalue weighted by atomic mass is 9.75.